The fraction of sp³-hybridized carbons (Fsp3) is 0.650. The van der Waals surface area contributed by atoms with Crippen LogP contribution in [0.2, 0.25) is 0 Å². The fourth-order valence-electron chi connectivity index (χ4n) is 2.41. The summed E-state index contributed by atoms with van der Waals surface area (Å²) in [4.78, 5) is 10.2. The van der Waals surface area contributed by atoms with E-state index in [4.69, 9.17) is 5.11 Å². The zero-order chi connectivity index (χ0) is 18.9. The minimum absolute atomic E-state index is 0.420. The van der Waals surface area contributed by atoms with Crippen molar-refractivity contribution in [3.05, 3.63) is 36.5 Å². The largest absolute Gasteiger partial charge is 0.478 e. The number of hydrogen-bond donors (Lipinski definition) is 4. The Morgan fingerprint density at radius 2 is 1.52 bits per heavy atom. The van der Waals surface area contributed by atoms with Gasteiger partial charge in [-0.2, -0.15) is 0 Å². The molecule has 4 N–H and O–H groups in total. The van der Waals surface area contributed by atoms with Crippen molar-refractivity contribution in [2.45, 2.75) is 83.0 Å². The molecule has 0 bridgehead atoms. The molecule has 0 aliphatic carbocycles. The molecule has 0 rings (SSSR count). The average molecular weight is 354 g/mol. The maximum Gasteiger partial charge on any atom is 0.328 e. The predicted molar refractivity (Wildman–Crippen MR) is 100 cm³/mol. The van der Waals surface area contributed by atoms with Crippen molar-refractivity contribution >= 4 is 5.97 Å². The summed E-state index contributed by atoms with van der Waals surface area (Å²) in [7, 11) is 0. The van der Waals surface area contributed by atoms with Crippen molar-refractivity contribution in [1.29, 1.82) is 0 Å². The van der Waals surface area contributed by atoms with Crippen molar-refractivity contribution in [3.63, 3.8) is 0 Å². The van der Waals surface area contributed by atoms with E-state index in [0.717, 1.165) is 38.2 Å². The Hall–Kier alpha value is -1.43. The summed E-state index contributed by atoms with van der Waals surface area (Å²) < 4.78 is 0. The van der Waals surface area contributed by atoms with Gasteiger partial charge >= 0.3 is 5.97 Å². The summed E-state index contributed by atoms with van der Waals surface area (Å²) in [5.74, 6) is -0.971. The van der Waals surface area contributed by atoms with Gasteiger partial charge in [0.2, 0.25) is 0 Å². The first-order chi connectivity index (χ1) is 12.0. The third-order valence-electron chi connectivity index (χ3n) is 3.96. The molecule has 0 fully saturated rings. The van der Waals surface area contributed by atoms with Crippen LogP contribution in [0.4, 0.5) is 0 Å². The second kappa shape index (κ2) is 16.1. The van der Waals surface area contributed by atoms with Crippen LogP contribution in [0.25, 0.3) is 0 Å². The van der Waals surface area contributed by atoms with Gasteiger partial charge in [0.25, 0.3) is 0 Å². The SMILES string of the molecule is CCCCCC(O)C(O)CCC(O)CCCC=CC=CC=CC(=O)O. The molecule has 0 aliphatic rings. The maximum atomic E-state index is 10.2. The standard InChI is InChI=1S/C20H34O5/c1-2-3-9-13-18(22)19(23)16-15-17(21)12-10-7-5-4-6-8-11-14-20(24)25/h4-6,8,11,14,17-19,21-23H,2-3,7,9-10,12-13,15-16H2,1H3,(H,24,25). The molecular weight excluding hydrogens is 320 g/mol. The predicted octanol–water partition coefficient (Wildman–Crippen LogP) is 3.35. The van der Waals surface area contributed by atoms with Gasteiger partial charge in [-0.05, 0) is 38.5 Å². The number of carbonyl (C=O) groups is 1. The molecule has 5 heteroatoms. The minimum Gasteiger partial charge on any atom is -0.478 e. The lowest BCUT2D eigenvalue weighted by Crippen LogP contribution is -2.27. The van der Waals surface area contributed by atoms with Crippen molar-refractivity contribution < 1.29 is 25.2 Å². The summed E-state index contributed by atoms with van der Waals surface area (Å²) >= 11 is 0. The van der Waals surface area contributed by atoms with Crippen LogP contribution in [0.3, 0.4) is 0 Å². The van der Waals surface area contributed by atoms with E-state index < -0.39 is 24.3 Å². The van der Waals surface area contributed by atoms with Gasteiger partial charge in [-0.15, -0.1) is 0 Å². The van der Waals surface area contributed by atoms with E-state index in [1.54, 1.807) is 12.2 Å². The van der Waals surface area contributed by atoms with Crippen LogP contribution in [0.1, 0.15) is 64.7 Å². The van der Waals surface area contributed by atoms with Crippen LogP contribution in [0.15, 0.2) is 36.5 Å². The normalized spacial score (nSPS) is 16.0. The molecule has 0 aromatic heterocycles. The number of aliphatic hydroxyl groups is 3. The molecule has 3 unspecified atom stereocenters. The molecular formula is C20H34O5. The molecule has 5 nitrogen and oxygen atoms in total. The van der Waals surface area contributed by atoms with Crippen LogP contribution in [0.5, 0.6) is 0 Å². The third-order valence-corrected chi connectivity index (χ3v) is 3.96. The van der Waals surface area contributed by atoms with Crippen LogP contribution in [-0.4, -0.2) is 44.7 Å². The monoisotopic (exact) mass is 354 g/mol. The van der Waals surface area contributed by atoms with Crippen molar-refractivity contribution in [1.82, 2.24) is 0 Å². The van der Waals surface area contributed by atoms with Gasteiger partial charge in [0.15, 0.2) is 0 Å². The molecule has 0 aromatic carbocycles. The van der Waals surface area contributed by atoms with E-state index >= 15 is 0 Å². The first-order valence-corrected chi connectivity index (χ1v) is 9.24. The third kappa shape index (κ3) is 15.8. The van der Waals surface area contributed by atoms with Gasteiger partial charge in [-0.3, -0.25) is 0 Å². The first-order valence-electron chi connectivity index (χ1n) is 9.24. The molecule has 3 atom stereocenters. The molecule has 144 valence electrons. The molecule has 25 heavy (non-hydrogen) atoms. The van der Waals surface area contributed by atoms with Crippen molar-refractivity contribution in [2.24, 2.45) is 0 Å². The second-order valence-corrected chi connectivity index (χ2v) is 6.30. The minimum atomic E-state index is -0.971. The number of allylic oxidation sites excluding steroid dienone is 5. The van der Waals surface area contributed by atoms with Gasteiger partial charge in [0.1, 0.15) is 0 Å². The summed E-state index contributed by atoms with van der Waals surface area (Å²) in [5.41, 5.74) is 0. The molecule has 0 spiro atoms. The highest BCUT2D eigenvalue weighted by Crippen LogP contribution is 2.14. The van der Waals surface area contributed by atoms with E-state index in [9.17, 15) is 20.1 Å². The van der Waals surface area contributed by atoms with Crippen LogP contribution in [-0.2, 0) is 4.79 Å². The van der Waals surface area contributed by atoms with Gasteiger partial charge in [0, 0.05) is 6.08 Å². The van der Waals surface area contributed by atoms with Crippen molar-refractivity contribution in [2.75, 3.05) is 0 Å². The van der Waals surface area contributed by atoms with E-state index in [-0.39, 0.29) is 0 Å². The number of unbranched alkanes of at least 4 members (excludes halogenated alkanes) is 3. The highest BCUT2D eigenvalue weighted by atomic mass is 16.4. The average Bonchev–Trinajstić information content (AvgIpc) is 2.57. The van der Waals surface area contributed by atoms with Crippen molar-refractivity contribution in [3.8, 4) is 0 Å². The van der Waals surface area contributed by atoms with E-state index in [0.29, 0.717) is 25.7 Å². The highest BCUT2D eigenvalue weighted by Gasteiger charge is 2.17. The second-order valence-electron chi connectivity index (χ2n) is 6.30. The van der Waals surface area contributed by atoms with E-state index in [1.807, 2.05) is 12.2 Å². The quantitative estimate of drug-likeness (QED) is 0.205. The van der Waals surface area contributed by atoms with Crippen LogP contribution in [0, 0.1) is 0 Å². The smallest absolute Gasteiger partial charge is 0.328 e. The Balaban J connectivity index is 3.72. The molecule has 0 saturated carbocycles. The van der Waals surface area contributed by atoms with Gasteiger partial charge in [0.05, 0.1) is 18.3 Å². The number of aliphatic carboxylic acids is 1. The molecule has 0 aromatic rings. The summed E-state index contributed by atoms with van der Waals surface area (Å²) in [5, 5.41) is 38.1. The number of carboxylic acids is 1. The molecule has 0 aliphatic heterocycles. The molecule has 0 saturated heterocycles. The molecule has 0 heterocycles. The summed E-state index contributed by atoms with van der Waals surface area (Å²) in [6, 6.07) is 0. The number of carboxylic acid groups (broad SMARTS) is 1. The van der Waals surface area contributed by atoms with Crippen LogP contribution >= 0.6 is 0 Å². The number of aliphatic hydroxyl groups excluding tert-OH is 3. The summed E-state index contributed by atoms with van der Waals surface area (Å²) in [6.45, 7) is 2.10. The van der Waals surface area contributed by atoms with E-state index in [1.165, 1.54) is 6.08 Å². The van der Waals surface area contributed by atoms with Gasteiger partial charge in [-0.1, -0.05) is 56.6 Å². The zero-order valence-corrected chi connectivity index (χ0v) is 15.3. The Bertz CT molecular complexity index is 414. The number of hydrogen-bond acceptors (Lipinski definition) is 4. The zero-order valence-electron chi connectivity index (χ0n) is 15.3. The Kier molecular flexibility index (Phi) is 15.1. The van der Waals surface area contributed by atoms with E-state index in [2.05, 4.69) is 6.92 Å². The Morgan fingerprint density at radius 1 is 0.840 bits per heavy atom. The number of rotatable bonds is 15. The first kappa shape index (κ1) is 23.6. The molecule has 0 amide bonds. The summed E-state index contributed by atoms with van der Waals surface area (Å²) in [6.07, 6.45) is 14.7. The lowest BCUT2D eigenvalue weighted by atomic mass is 9.99. The lowest BCUT2D eigenvalue weighted by molar-refractivity contribution is -0.131. The maximum absolute atomic E-state index is 10.2. The molecule has 0 radical (unpaired) electrons. The fourth-order valence-corrected chi connectivity index (χ4v) is 2.41. The van der Waals surface area contributed by atoms with Gasteiger partial charge in [-0.25, -0.2) is 4.79 Å². The Morgan fingerprint density at radius 3 is 2.20 bits per heavy atom. The van der Waals surface area contributed by atoms with Gasteiger partial charge < -0.3 is 20.4 Å². The topological polar surface area (TPSA) is 98.0 Å². The lowest BCUT2D eigenvalue weighted by Gasteiger charge is -2.19. The Labute approximate surface area is 151 Å². The van der Waals surface area contributed by atoms with Crippen LogP contribution < -0.4 is 0 Å². The highest BCUT2D eigenvalue weighted by molar-refractivity contribution is 5.80.